The maximum absolute atomic E-state index is 13.0. The summed E-state index contributed by atoms with van der Waals surface area (Å²) in [4.78, 5) is 0. The van der Waals surface area contributed by atoms with Crippen molar-refractivity contribution in [3.63, 3.8) is 0 Å². The number of rotatable bonds is 6. The van der Waals surface area contributed by atoms with Gasteiger partial charge in [-0.05, 0) is 44.4 Å². The molecule has 1 aliphatic carbocycles. The molecule has 0 heterocycles. The first-order chi connectivity index (χ1) is 9.61. The second-order valence-corrected chi connectivity index (χ2v) is 5.37. The third-order valence-corrected chi connectivity index (χ3v) is 4.36. The minimum Gasteiger partial charge on any atom is -0.493 e. The standard InChI is InChI=1S/C15H21F2NO2/c1-18-15(10-19)7-2-3-11(15)6-8-20-12-4-5-13(16)14(17)9-12/h4-5,9,11,18-19H,2-3,6-8,10H2,1H3. The molecule has 0 aromatic heterocycles. The van der Waals surface area contributed by atoms with E-state index in [4.69, 9.17) is 4.74 Å². The van der Waals surface area contributed by atoms with Crippen molar-refractivity contribution in [1.82, 2.24) is 5.32 Å². The van der Waals surface area contributed by atoms with Gasteiger partial charge in [-0.3, -0.25) is 0 Å². The molecular weight excluding hydrogens is 264 g/mol. The smallest absolute Gasteiger partial charge is 0.162 e. The zero-order valence-corrected chi connectivity index (χ0v) is 11.7. The van der Waals surface area contributed by atoms with Crippen molar-refractivity contribution in [1.29, 1.82) is 0 Å². The molecule has 2 N–H and O–H groups in total. The second-order valence-electron chi connectivity index (χ2n) is 5.37. The van der Waals surface area contributed by atoms with Gasteiger partial charge >= 0.3 is 0 Å². The minimum atomic E-state index is -0.900. The number of hydrogen-bond acceptors (Lipinski definition) is 3. The van der Waals surface area contributed by atoms with Crippen LogP contribution in [0.25, 0.3) is 0 Å². The quantitative estimate of drug-likeness (QED) is 0.843. The second kappa shape index (κ2) is 6.50. The van der Waals surface area contributed by atoms with E-state index >= 15 is 0 Å². The van der Waals surface area contributed by atoms with E-state index in [2.05, 4.69) is 5.32 Å². The third kappa shape index (κ3) is 3.10. The molecule has 3 nitrogen and oxygen atoms in total. The van der Waals surface area contributed by atoms with Crippen molar-refractivity contribution in [2.45, 2.75) is 31.2 Å². The van der Waals surface area contributed by atoms with Gasteiger partial charge < -0.3 is 15.2 Å². The van der Waals surface area contributed by atoms with Crippen LogP contribution in [0, 0.1) is 17.6 Å². The lowest BCUT2D eigenvalue weighted by atomic mass is 9.86. The summed E-state index contributed by atoms with van der Waals surface area (Å²) in [5, 5.41) is 12.8. The minimum absolute atomic E-state index is 0.110. The molecule has 1 saturated carbocycles. The van der Waals surface area contributed by atoms with Crippen LogP contribution in [0.2, 0.25) is 0 Å². The number of likely N-dealkylation sites (N-methyl/N-ethyl adjacent to an activating group) is 1. The van der Waals surface area contributed by atoms with Crippen LogP contribution in [-0.4, -0.2) is 30.9 Å². The van der Waals surface area contributed by atoms with Gasteiger partial charge in [0.1, 0.15) is 5.75 Å². The molecular formula is C15H21F2NO2. The highest BCUT2D eigenvalue weighted by molar-refractivity contribution is 5.23. The van der Waals surface area contributed by atoms with Gasteiger partial charge in [-0.2, -0.15) is 0 Å². The zero-order valence-electron chi connectivity index (χ0n) is 11.7. The summed E-state index contributed by atoms with van der Waals surface area (Å²) in [6.45, 7) is 0.540. The highest BCUT2D eigenvalue weighted by atomic mass is 19.2. The van der Waals surface area contributed by atoms with Crippen molar-refractivity contribution >= 4 is 0 Å². The van der Waals surface area contributed by atoms with Gasteiger partial charge in [0.05, 0.1) is 13.2 Å². The fourth-order valence-corrected chi connectivity index (χ4v) is 3.07. The first-order valence-electron chi connectivity index (χ1n) is 6.99. The van der Waals surface area contributed by atoms with E-state index in [0.717, 1.165) is 37.8 Å². The van der Waals surface area contributed by atoms with E-state index in [1.165, 1.54) is 6.07 Å². The Morgan fingerprint density at radius 2 is 2.20 bits per heavy atom. The predicted octanol–water partition coefficient (Wildman–Crippen LogP) is 2.48. The Balaban J connectivity index is 1.87. The van der Waals surface area contributed by atoms with Crippen LogP contribution in [0.1, 0.15) is 25.7 Å². The Bertz CT molecular complexity index is 449. The van der Waals surface area contributed by atoms with Gasteiger partial charge in [-0.1, -0.05) is 6.42 Å². The molecule has 2 unspecified atom stereocenters. The van der Waals surface area contributed by atoms with Gasteiger partial charge in [0, 0.05) is 11.6 Å². The number of hydrogen-bond donors (Lipinski definition) is 2. The average Bonchev–Trinajstić information content (AvgIpc) is 2.86. The molecule has 112 valence electrons. The van der Waals surface area contributed by atoms with Crippen LogP contribution >= 0.6 is 0 Å². The van der Waals surface area contributed by atoms with E-state index in [0.29, 0.717) is 18.3 Å². The Kier molecular flexibility index (Phi) is 4.94. The summed E-state index contributed by atoms with van der Waals surface area (Å²) in [6, 6.07) is 3.54. The molecule has 1 aromatic rings. The Morgan fingerprint density at radius 3 is 2.85 bits per heavy atom. The third-order valence-electron chi connectivity index (χ3n) is 4.36. The normalized spacial score (nSPS) is 25.9. The van der Waals surface area contributed by atoms with E-state index < -0.39 is 11.6 Å². The summed E-state index contributed by atoms with van der Waals surface area (Å²) in [5.74, 6) is -1.10. The molecule has 1 aliphatic rings. The maximum Gasteiger partial charge on any atom is 0.162 e. The van der Waals surface area contributed by atoms with Gasteiger partial charge in [0.15, 0.2) is 11.6 Å². The number of ether oxygens (including phenoxy) is 1. The van der Waals surface area contributed by atoms with Gasteiger partial charge in [-0.15, -0.1) is 0 Å². The predicted molar refractivity (Wildman–Crippen MR) is 72.7 cm³/mol. The van der Waals surface area contributed by atoms with E-state index in [1.807, 2.05) is 7.05 Å². The fraction of sp³-hybridized carbons (Fsp3) is 0.600. The molecule has 0 amide bonds. The Labute approximate surface area is 117 Å². The van der Waals surface area contributed by atoms with E-state index in [-0.39, 0.29) is 12.1 Å². The van der Waals surface area contributed by atoms with Crippen LogP contribution in [0.5, 0.6) is 5.75 Å². The Hall–Kier alpha value is -1.20. The molecule has 0 aliphatic heterocycles. The topological polar surface area (TPSA) is 41.5 Å². The highest BCUT2D eigenvalue weighted by Crippen LogP contribution is 2.37. The van der Waals surface area contributed by atoms with Crippen LogP contribution in [0.3, 0.4) is 0 Å². The SMILES string of the molecule is CNC1(CO)CCCC1CCOc1ccc(F)c(F)c1. The number of aliphatic hydroxyl groups is 1. The van der Waals surface area contributed by atoms with Crippen molar-refractivity contribution in [3.8, 4) is 5.75 Å². The molecule has 5 heteroatoms. The van der Waals surface area contributed by atoms with Crippen LogP contribution < -0.4 is 10.1 Å². The van der Waals surface area contributed by atoms with Crippen molar-refractivity contribution in [2.75, 3.05) is 20.3 Å². The largest absolute Gasteiger partial charge is 0.493 e. The Morgan fingerprint density at radius 1 is 1.40 bits per heavy atom. The first kappa shape index (κ1) is 15.2. The number of nitrogens with one attached hydrogen (secondary N) is 1. The molecule has 2 atom stereocenters. The number of aliphatic hydroxyl groups excluding tert-OH is 1. The van der Waals surface area contributed by atoms with Crippen molar-refractivity contribution in [3.05, 3.63) is 29.8 Å². The lowest BCUT2D eigenvalue weighted by molar-refractivity contribution is 0.117. The molecule has 0 spiro atoms. The van der Waals surface area contributed by atoms with Crippen LogP contribution in [0.4, 0.5) is 8.78 Å². The summed E-state index contributed by atoms with van der Waals surface area (Å²) >= 11 is 0. The lowest BCUT2D eigenvalue weighted by Gasteiger charge is -2.33. The molecule has 0 bridgehead atoms. The molecule has 0 saturated heterocycles. The van der Waals surface area contributed by atoms with Crippen LogP contribution in [-0.2, 0) is 0 Å². The molecule has 2 rings (SSSR count). The van der Waals surface area contributed by atoms with E-state index in [9.17, 15) is 13.9 Å². The average molecular weight is 285 g/mol. The van der Waals surface area contributed by atoms with Crippen LogP contribution in [0.15, 0.2) is 18.2 Å². The van der Waals surface area contributed by atoms with Gasteiger partial charge in [0.2, 0.25) is 0 Å². The first-order valence-corrected chi connectivity index (χ1v) is 6.99. The van der Waals surface area contributed by atoms with E-state index in [1.54, 1.807) is 0 Å². The molecule has 1 aromatic carbocycles. The monoisotopic (exact) mass is 285 g/mol. The maximum atomic E-state index is 13.0. The lowest BCUT2D eigenvalue weighted by Crippen LogP contribution is -2.49. The molecule has 1 fully saturated rings. The fourth-order valence-electron chi connectivity index (χ4n) is 3.07. The van der Waals surface area contributed by atoms with Crippen molar-refractivity contribution in [2.24, 2.45) is 5.92 Å². The summed E-state index contributed by atoms with van der Waals surface area (Å²) < 4.78 is 31.3. The summed E-state index contributed by atoms with van der Waals surface area (Å²) in [6.07, 6.45) is 3.86. The van der Waals surface area contributed by atoms with Gasteiger partial charge in [0.25, 0.3) is 0 Å². The summed E-state index contributed by atoms with van der Waals surface area (Å²) in [7, 11) is 1.87. The van der Waals surface area contributed by atoms with Crippen molar-refractivity contribution < 1.29 is 18.6 Å². The van der Waals surface area contributed by atoms with Gasteiger partial charge in [-0.25, -0.2) is 8.78 Å². The zero-order chi connectivity index (χ0) is 14.6. The summed E-state index contributed by atoms with van der Waals surface area (Å²) in [5.41, 5.74) is -0.225. The number of benzene rings is 1. The molecule has 0 radical (unpaired) electrons. The highest BCUT2D eigenvalue weighted by Gasteiger charge is 2.40. The molecule has 20 heavy (non-hydrogen) atoms. The number of halogens is 2.